The molecule has 23 heavy (non-hydrogen) atoms. The molecule has 1 aliphatic carbocycles. The van der Waals surface area contributed by atoms with Gasteiger partial charge in [-0.3, -0.25) is 0 Å². The average Bonchev–Trinajstić information content (AvgIpc) is 3.31. The predicted molar refractivity (Wildman–Crippen MR) is 78.1 cm³/mol. The molecule has 0 amide bonds. The zero-order valence-electron chi connectivity index (χ0n) is 12.6. The van der Waals surface area contributed by atoms with E-state index >= 15 is 0 Å². The molecule has 6 nitrogen and oxygen atoms in total. The minimum Gasteiger partial charge on any atom is -0.245 e. The molecule has 0 bridgehead atoms. The van der Waals surface area contributed by atoms with E-state index in [4.69, 9.17) is 0 Å². The van der Waals surface area contributed by atoms with Crippen molar-refractivity contribution in [2.24, 2.45) is 12.1 Å². The Kier molecular flexibility index (Phi) is 4.01. The molecule has 1 N–H and O–H groups in total. The van der Waals surface area contributed by atoms with Crippen molar-refractivity contribution in [1.82, 2.24) is 19.7 Å². The van der Waals surface area contributed by atoms with E-state index in [1.54, 1.807) is 6.92 Å². The van der Waals surface area contributed by atoms with Crippen molar-refractivity contribution in [3.05, 3.63) is 34.7 Å². The zero-order valence-corrected chi connectivity index (χ0v) is 12.6. The summed E-state index contributed by atoms with van der Waals surface area (Å²) in [5.41, 5.74) is 3.41. The van der Waals surface area contributed by atoms with Crippen LogP contribution in [-0.4, -0.2) is 26.0 Å². The van der Waals surface area contributed by atoms with Crippen LogP contribution in [0, 0.1) is 12.9 Å². The van der Waals surface area contributed by atoms with Gasteiger partial charge in [-0.15, -0.1) is 0 Å². The molecular weight excluding hydrogens is 309 g/mol. The lowest BCUT2D eigenvalue weighted by molar-refractivity contribution is 0.146. The molecule has 0 aliphatic heterocycles. The number of aryl methyl sites for hydroxylation is 2. The second-order valence-electron chi connectivity index (χ2n) is 5.40. The van der Waals surface area contributed by atoms with Crippen LogP contribution >= 0.6 is 0 Å². The van der Waals surface area contributed by atoms with Crippen LogP contribution in [0.25, 0.3) is 0 Å². The molecule has 0 atom stereocenters. The Balaban J connectivity index is 1.80. The van der Waals surface area contributed by atoms with E-state index in [0.717, 1.165) is 17.5 Å². The van der Waals surface area contributed by atoms with E-state index in [-0.39, 0.29) is 23.1 Å². The highest BCUT2D eigenvalue weighted by Crippen LogP contribution is 2.40. The monoisotopic (exact) mass is 324 g/mol. The molecule has 122 valence electrons. The SMILES string of the molecule is Cc1nn(C)c(F)c1/C=N\Nc1nc(C(F)F)cc(C2CC2)n1. The third-order valence-corrected chi connectivity index (χ3v) is 3.54. The summed E-state index contributed by atoms with van der Waals surface area (Å²) in [6.45, 7) is 1.64. The molecule has 0 spiro atoms. The summed E-state index contributed by atoms with van der Waals surface area (Å²) in [6.07, 6.45) is 0.413. The van der Waals surface area contributed by atoms with Gasteiger partial charge in [-0.25, -0.2) is 28.9 Å². The standard InChI is InChI=1S/C14H15F3N6/c1-7-9(13(17)23(2)22-7)6-18-21-14-19-10(8-3-4-8)5-11(20-14)12(15)16/h5-6,8,12H,3-4H2,1-2H3,(H,19,20,21)/b18-6-. The van der Waals surface area contributed by atoms with Gasteiger partial charge in [0.2, 0.25) is 11.9 Å². The second-order valence-corrected chi connectivity index (χ2v) is 5.40. The third-order valence-electron chi connectivity index (χ3n) is 3.54. The van der Waals surface area contributed by atoms with Crippen LogP contribution in [0.5, 0.6) is 0 Å². The van der Waals surface area contributed by atoms with Gasteiger partial charge in [0.15, 0.2) is 0 Å². The Morgan fingerprint density at radius 3 is 2.70 bits per heavy atom. The first kappa shape index (κ1) is 15.4. The van der Waals surface area contributed by atoms with E-state index in [9.17, 15) is 13.2 Å². The molecule has 0 unspecified atom stereocenters. The molecule has 2 heterocycles. The molecule has 0 aromatic carbocycles. The maximum Gasteiger partial charge on any atom is 0.280 e. The van der Waals surface area contributed by atoms with Gasteiger partial charge < -0.3 is 0 Å². The molecule has 1 fully saturated rings. The van der Waals surface area contributed by atoms with Crippen LogP contribution < -0.4 is 5.43 Å². The quantitative estimate of drug-likeness (QED) is 0.678. The summed E-state index contributed by atoms with van der Waals surface area (Å²) >= 11 is 0. The Labute approximate surface area is 130 Å². The molecule has 2 aromatic rings. The van der Waals surface area contributed by atoms with Crippen LogP contribution in [0.15, 0.2) is 11.2 Å². The van der Waals surface area contributed by atoms with Crippen LogP contribution in [-0.2, 0) is 7.05 Å². The van der Waals surface area contributed by atoms with Crippen molar-refractivity contribution in [3.63, 3.8) is 0 Å². The number of nitrogens with one attached hydrogen (secondary N) is 1. The van der Waals surface area contributed by atoms with E-state index in [0.29, 0.717) is 11.4 Å². The predicted octanol–water partition coefficient (Wildman–Crippen LogP) is 2.92. The first-order valence-corrected chi connectivity index (χ1v) is 7.11. The summed E-state index contributed by atoms with van der Waals surface area (Å²) in [4.78, 5) is 7.90. The number of anilines is 1. The number of aromatic nitrogens is 4. The molecule has 1 aliphatic rings. The normalized spacial score (nSPS) is 14.9. The molecule has 9 heteroatoms. The van der Waals surface area contributed by atoms with E-state index in [1.165, 1.54) is 19.3 Å². The number of hydrogen-bond acceptors (Lipinski definition) is 5. The van der Waals surface area contributed by atoms with Gasteiger partial charge in [-0.1, -0.05) is 0 Å². The summed E-state index contributed by atoms with van der Waals surface area (Å²) in [6, 6.07) is 1.32. The smallest absolute Gasteiger partial charge is 0.245 e. The number of rotatable bonds is 5. The molecule has 2 aromatic heterocycles. The number of alkyl halides is 2. The largest absolute Gasteiger partial charge is 0.280 e. The van der Waals surface area contributed by atoms with Gasteiger partial charge in [0.1, 0.15) is 5.69 Å². The van der Waals surface area contributed by atoms with Gasteiger partial charge >= 0.3 is 0 Å². The lowest BCUT2D eigenvalue weighted by Gasteiger charge is -2.06. The Morgan fingerprint density at radius 2 is 2.13 bits per heavy atom. The molecule has 1 saturated carbocycles. The van der Waals surface area contributed by atoms with Crippen molar-refractivity contribution >= 4 is 12.2 Å². The summed E-state index contributed by atoms with van der Waals surface area (Å²) < 4.78 is 40.6. The van der Waals surface area contributed by atoms with E-state index in [1.807, 2.05) is 0 Å². The Hall–Kier alpha value is -2.45. The number of hydrogen-bond donors (Lipinski definition) is 1. The van der Waals surface area contributed by atoms with Crippen LogP contribution in [0.4, 0.5) is 19.1 Å². The van der Waals surface area contributed by atoms with Crippen LogP contribution in [0.2, 0.25) is 0 Å². The fourth-order valence-corrected chi connectivity index (χ4v) is 2.18. The van der Waals surface area contributed by atoms with Gasteiger partial charge in [0.25, 0.3) is 6.43 Å². The Morgan fingerprint density at radius 1 is 1.39 bits per heavy atom. The zero-order chi connectivity index (χ0) is 16.6. The van der Waals surface area contributed by atoms with Crippen molar-refractivity contribution in [2.75, 3.05) is 5.43 Å². The maximum atomic E-state index is 13.7. The third kappa shape index (κ3) is 3.33. The van der Waals surface area contributed by atoms with Crippen molar-refractivity contribution in [1.29, 1.82) is 0 Å². The van der Waals surface area contributed by atoms with Gasteiger partial charge in [-0.05, 0) is 25.8 Å². The van der Waals surface area contributed by atoms with Gasteiger partial charge in [-0.2, -0.15) is 14.6 Å². The molecular formula is C14H15F3N6. The van der Waals surface area contributed by atoms with Crippen molar-refractivity contribution in [3.8, 4) is 0 Å². The number of halogens is 3. The second kappa shape index (κ2) is 5.98. The molecule has 0 radical (unpaired) electrons. The lowest BCUT2D eigenvalue weighted by atomic mass is 10.2. The summed E-state index contributed by atoms with van der Waals surface area (Å²) in [5, 5.41) is 7.74. The molecule has 3 rings (SSSR count). The average molecular weight is 324 g/mol. The van der Waals surface area contributed by atoms with Crippen LogP contribution in [0.1, 0.15) is 47.8 Å². The van der Waals surface area contributed by atoms with Gasteiger partial charge in [0.05, 0.1) is 17.5 Å². The first-order chi connectivity index (χ1) is 11.0. The molecule has 0 saturated heterocycles. The number of nitrogens with zero attached hydrogens (tertiary/aromatic N) is 5. The van der Waals surface area contributed by atoms with E-state index in [2.05, 4.69) is 25.6 Å². The van der Waals surface area contributed by atoms with Crippen molar-refractivity contribution in [2.45, 2.75) is 32.1 Å². The highest BCUT2D eigenvalue weighted by atomic mass is 19.3. The highest BCUT2D eigenvalue weighted by molar-refractivity contribution is 5.81. The fraction of sp³-hybridized carbons (Fsp3) is 0.429. The van der Waals surface area contributed by atoms with Gasteiger partial charge in [0, 0.05) is 18.7 Å². The number of hydrazone groups is 1. The minimum atomic E-state index is -2.68. The lowest BCUT2D eigenvalue weighted by Crippen LogP contribution is -2.04. The minimum absolute atomic E-state index is 0.0251. The Bertz CT molecular complexity index is 731. The maximum absolute atomic E-state index is 13.7. The topological polar surface area (TPSA) is 68.0 Å². The summed E-state index contributed by atoms with van der Waals surface area (Å²) in [7, 11) is 1.48. The van der Waals surface area contributed by atoms with Crippen LogP contribution in [0.3, 0.4) is 0 Å². The fourth-order valence-electron chi connectivity index (χ4n) is 2.18. The van der Waals surface area contributed by atoms with Crippen molar-refractivity contribution < 1.29 is 13.2 Å². The summed E-state index contributed by atoms with van der Waals surface area (Å²) in [5.74, 6) is -0.352. The highest BCUT2D eigenvalue weighted by Gasteiger charge is 2.27. The first-order valence-electron chi connectivity index (χ1n) is 7.11. The van der Waals surface area contributed by atoms with E-state index < -0.39 is 12.4 Å².